The monoisotopic (exact) mass is 404 g/mol. The number of nitrogens with zero attached hydrogens (tertiary/aromatic N) is 1. The third-order valence-corrected chi connectivity index (χ3v) is 3.65. The Bertz CT molecular complexity index is 788. The van der Waals surface area contributed by atoms with Crippen LogP contribution in [0.2, 0.25) is 0 Å². The number of ether oxygens (including phenoxy) is 2. The van der Waals surface area contributed by atoms with E-state index in [4.69, 9.17) is 9.47 Å². The van der Waals surface area contributed by atoms with Crippen molar-refractivity contribution in [1.82, 2.24) is 5.43 Å². The average molecular weight is 405 g/mol. The topological polar surface area (TPSA) is 77.0 Å². The molecule has 2 aromatic rings. The smallest absolute Gasteiger partial charge is 0.308 e. The van der Waals surface area contributed by atoms with Crippen LogP contribution in [0.5, 0.6) is 11.5 Å². The van der Waals surface area contributed by atoms with E-state index in [9.17, 15) is 9.59 Å². The summed E-state index contributed by atoms with van der Waals surface area (Å²) < 4.78 is 11.2. The van der Waals surface area contributed by atoms with Gasteiger partial charge in [0.15, 0.2) is 11.5 Å². The SMILES string of the molecule is COc1cc(C=NNC(=O)Cc2ccc(Br)cc2)ccc1OC(C)=O. The van der Waals surface area contributed by atoms with Gasteiger partial charge in [-0.2, -0.15) is 5.10 Å². The summed E-state index contributed by atoms with van der Waals surface area (Å²) in [5.74, 6) is 0.0776. The fraction of sp³-hybridized carbons (Fsp3) is 0.167. The van der Waals surface area contributed by atoms with Crippen molar-refractivity contribution in [3.05, 3.63) is 58.1 Å². The minimum absolute atomic E-state index is 0.220. The zero-order valence-corrected chi connectivity index (χ0v) is 15.4. The molecule has 0 aromatic heterocycles. The summed E-state index contributed by atoms with van der Waals surface area (Å²) in [6.45, 7) is 1.32. The van der Waals surface area contributed by atoms with Gasteiger partial charge in [0.05, 0.1) is 19.7 Å². The lowest BCUT2D eigenvalue weighted by molar-refractivity contribution is -0.132. The van der Waals surface area contributed by atoms with Gasteiger partial charge in [-0.1, -0.05) is 28.1 Å². The van der Waals surface area contributed by atoms with Crippen molar-refractivity contribution in [2.75, 3.05) is 7.11 Å². The Labute approximate surface area is 154 Å². The van der Waals surface area contributed by atoms with Gasteiger partial charge in [-0.25, -0.2) is 5.43 Å². The van der Waals surface area contributed by atoms with E-state index in [-0.39, 0.29) is 12.3 Å². The van der Waals surface area contributed by atoms with E-state index in [0.29, 0.717) is 17.1 Å². The standard InChI is InChI=1S/C18H17BrN2O4/c1-12(22)25-16-8-5-14(9-17(16)24-2)11-20-21-18(23)10-13-3-6-15(19)7-4-13/h3-9,11H,10H2,1-2H3,(H,21,23). The molecule has 0 fully saturated rings. The molecule has 0 saturated heterocycles. The van der Waals surface area contributed by atoms with Crippen molar-refractivity contribution in [3.63, 3.8) is 0 Å². The third-order valence-electron chi connectivity index (χ3n) is 3.12. The normalized spacial score (nSPS) is 10.5. The number of carbonyl (C=O) groups is 2. The van der Waals surface area contributed by atoms with Gasteiger partial charge in [-0.05, 0) is 41.5 Å². The average Bonchev–Trinajstić information content (AvgIpc) is 2.57. The Balaban J connectivity index is 1.95. The molecule has 0 aliphatic heterocycles. The van der Waals surface area contributed by atoms with E-state index in [1.165, 1.54) is 20.2 Å². The van der Waals surface area contributed by atoms with Gasteiger partial charge < -0.3 is 9.47 Å². The molecule has 0 bridgehead atoms. The van der Waals surface area contributed by atoms with E-state index in [0.717, 1.165) is 10.0 Å². The first kappa shape index (κ1) is 18.7. The molecule has 2 aromatic carbocycles. The number of rotatable bonds is 6. The highest BCUT2D eigenvalue weighted by atomic mass is 79.9. The summed E-state index contributed by atoms with van der Waals surface area (Å²) in [4.78, 5) is 22.9. The Morgan fingerprint density at radius 1 is 1.16 bits per heavy atom. The molecule has 1 N–H and O–H groups in total. The Kier molecular flexibility index (Phi) is 6.71. The molecule has 0 spiro atoms. The summed E-state index contributed by atoms with van der Waals surface area (Å²) in [6.07, 6.45) is 1.72. The predicted octanol–water partition coefficient (Wildman–Crippen LogP) is 3.08. The number of carbonyl (C=O) groups excluding carboxylic acids is 2. The van der Waals surface area contributed by atoms with E-state index in [1.807, 2.05) is 24.3 Å². The second-order valence-corrected chi connectivity index (χ2v) is 6.02. The number of methoxy groups -OCH3 is 1. The fourth-order valence-corrected chi connectivity index (χ4v) is 2.27. The molecule has 0 saturated carbocycles. The number of hydrazone groups is 1. The summed E-state index contributed by atoms with van der Waals surface area (Å²) in [6, 6.07) is 12.4. The van der Waals surface area contributed by atoms with Crippen molar-refractivity contribution in [2.24, 2.45) is 5.10 Å². The second-order valence-electron chi connectivity index (χ2n) is 5.10. The zero-order chi connectivity index (χ0) is 18.2. The van der Waals surface area contributed by atoms with E-state index < -0.39 is 5.97 Å². The molecule has 1 amide bonds. The predicted molar refractivity (Wildman–Crippen MR) is 97.9 cm³/mol. The van der Waals surface area contributed by atoms with Gasteiger partial charge in [0.2, 0.25) is 5.91 Å². The number of amides is 1. The maximum Gasteiger partial charge on any atom is 0.308 e. The van der Waals surface area contributed by atoms with Crippen molar-refractivity contribution < 1.29 is 19.1 Å². The number of nitrogens with one attached hydrogen (secondary N) is 1. The first-order chi connectivity index (χ1) is 12.0. The number of halogens is 1. The first-order valence-electron chi connectivity index (χ1n) is 7.40. The molecular weight excluding hydrogens is 388 g/mol. The maximum atomic E-state index is 11.9. The summed E-state index contributed by atoms with van der Waals surface area (Å²) >= 11 is 3.35. The molecule has 6 nitrogen and oxygen atoms in total. The molecule has 25 heavy (non-hydrogen) atoms. The highest BCUT2D eigenvalue weighted by molar-refractivity contribution is 9.10. The lowest BCUT2D eigenvalue weighted by Gasteiger charge is -2.08. The van der Waals surface area contributed by atoms with E-state index in [2.05, 4.69) is 26.5 Å². The van der Waals surface area contributed by atoms with Crippen LogP contribution >= 0.6 is 15.9 Å². The highest BCUT2D eigenvalue weighted by Crippen LogP contribution is 2.27. The number of hydrogen-bond acceptors (Lipinski definition) is 5. The van der Waals surface area contributed by atoms with Gasteiger partial charge >= 0.3 is 5.97 Å². The Morgan fingerprint density at radius 3 is 2.52 bits per heavy atom. The van der Waals surface area contributed by atoms with Crippen molar-refractivity contribution >= 4 is 34.0 Å². The molecule has 0 unspecified atom stereocenters. The molecular formula is C18H17BrN2O4. The summed E-state index contributed by atoms with van der Waals surface area (Å²) in [5.41, 5.74) is 4.05. The summed E-state index contributed by atoms with van der Waals surface area (Å²) in [7, 11) is 1.48. The van der Waals surface area contributed by atoms with Gasteiger partial charge in [0.1, 0.15) is 0 Å². The zero-order valence-electron chi connectivity index (χ0n) is 13.8. The van der Waals surface area contributed by atoms with Crippen LogP contribution in [0.1, 0.15) is 18.1 Å². The van der Waals surface area contributed by atoms with Crippen LogP contribution in [0.25, 0.3) is 0 Å². The van der Waals surface area contributed by atoms with Crippen LogP contribution in [0, 0.1) is 0 Å². The van der Waals surface area contributed by atoms with Crippen LogP contribution in [0.15, 0.2) is 52.0 Å². The molecule has 0 radical (unpaired) electrons. The lowest BCUT2D eigenvalue weighted by atomic mass is 10.1. The van der Waals surface area contributed by atoms with Crippen LogP contribution in [-0.4, -0.2) is 25.2 Å². The molecule has 0 atom stereocenters. The minimum Gasteiger partial charge on any atom is -0.493 e. The Hall–Kier alpha value is -2.67. The van der Waals surface area contributed by atoms with Crippen LogP contribution < -0.4 is 14.9 Å². The van der Waals surface area contributed by atoms with Crippen LogP contribution in [0.4, 0.5) is 0 Å². The molecule has 0 aliphatic carbocycles. The summed E-state index contributed by atoms with van der Waals surface area (Å²) in [5, 5.41) is 3.92. The highest BCUT2D eigenvalue weighted by Gasteiger charge is 2.07. The minimum atomic E-state index is -0.431. The van der Waals surface area contributed by atoms with Gasteiger partial charge in [-0.3, -0.25) is 9.59 Å². The van der Waals surface area contributed by atoms with Crippen LogP contribution in [0.3, 0.4) is 0 Å². The number of esters is 1. The molecule has 130 valence electrons. The number of benzene rings is 2. The number of hydrogen-bond donors (Lipinski definition) is 1. The van der Waals surface area contributed by atoms with Gasteiger partial charge in [-0.15, -0.1) is 0 Å². The van der Waals surface area contributed by atoms with Crippen molar-refractivity contribution in [2.45, 2.75) is 13.3 Å². The second kappa shape index (κ2) is 8.98. The van der Waals surface area contributed by atoms with Gasteiger partial charge in [0.25, 0.3) is 0 Å². The third kappa shape index (κ3) is 6.04. The van der Waals surface area contributed by atoms with Crippen molar-refractivity contribution in [3.8, 4) is 11.5 Å². The lowest BCUT2D eigenvalue weighted by Crippen LogP contribution is -2.19. The molecule has 0 aliphatic rings. The fourth-order valence-electron chi connectivity index (χ4n) is 2.01. The Morgan fingerprint density at radius 2 is 1.88 bits per heavy atom. The van der Waals surface area contributed by atoms with Crippen LogP contribution in [-0.2, 0) is 16.0 Å². The first-order valence-corrected chi connectivity index (χ1v) is 8.20. The van der Waals surface area contributed by atoms with Gasteiger partial charge in [0, 0.05) is 11.4 Å². The molecule has 2 rings (SSSR count). The quantitative estimate of drug-likeness (QED) is 0.347. The van der Waals surface area contributed by atoms with Crippen molar-refractivity contribution in [1.29, 1.82) is 0 Å². The van der Waals surface area contributed by atoms with E-state index in [1.54, 1.807) is 18.2 Å². The maximum absolute atomic E-state index is 11.9. The molecule has 0 heterocycles. The van der Waals surface area contributed by atoms with E-state index >= 15 is 0 Å². The largest absolute Gasteiger partial charge is 0.493 e. The molecule has 7 heteroatoms.